The number of hydrogen-bond donors (Lipinski definition) is 2. The largest absolute Gasteiger partial charge is 0.494 e. The molecule has 0 radical (unpaired) electrons. The van der Waals surface area contributed by atoms with Crippen LogP contribution >= 0.6 is 12.6 Å². The number of benzene rings is 2. The Morgan fingerprint density at radius 2 is 1.81 bits per heavy atom. The fraction of sp³-hybridized carbons (Fsp3) is 0.235. The molecule has 0 heterocycles. The third-order valence-electron chi connectivity index (χ3n) is 3.01. The molecule has 0 bridgehead atoms. The summed E-state index contributed by atoms with van der Waals surface area (Å²) in [5.74, 6) is 0.688. The SMILES string of the molecule is CCOc1ccc(NC(=O)C(S)Cc2ccccc2)cc1. The summed E-state index contributed by atoms with van der Waals surface area (Å²) in [5, 5.41) is 2.48. The molecule has 0 aliphatic heterocycles. The number of carbonyl (C=O) groups is 1. The van der Waals surface area contributed by atoms with E-state index in [-0.39, 0.29) is 11.2 Å². The summed E-state index contributed by atoms with van der Waals surface area (Å²) >= 11 is 4.38. The molecule has 2 aromatic carbocycles. The second-order valence-corrected chi connectivity index (χ2v) is 5.28. The molecule has 2 rings (SSSR count). The molecule has 1 N–H and O–H groups in total. The van der Waals surface area contributed by atoms with E-state index in [0.717, 1.165) is 17.0 Å². The van der Waals surface area contributed by atoms with Gasteiger partial charge in [0.1, 0.15) is 5.75 Å². The fourth-order valence-corrected chi connectivity index (χ4v) is 2.23. The molecule has 110 valence electrons. The maximum atomic E-state index is 12.1. The van der Waals surface area contributed by atoms with Crippen molar-refractivity contribution < 1.29 is 9.53 Å². The lowest BCUT2D eigenvalue weighted by atomic mass is 10.1. The highest BCUT2D eigenvalue weighted by atomic mass is 32.1. The first kappa shape index (κ1) is 15.4. The van der Waals surface area contributed by atoms with Gasteiger partial charge in [0, 0.05) is 5.69 Å². The summed E-state index contributed by atoms with van der Waals surface area (Å²) < 4.78 is 5.36. The second kappa shape index (κ2) is 7.74. The van der Waals surface area contributed by atoms with Crippen LogP contribution in [-0.2, 0) is 11.2 Å². The lowest BCUT2D eigenvalue weighted by Gasteiger charge is -2.12. The van der Waals surface area contributed by atoms with Gasteiger partial charge in [0.15, 0.2) is 0 Å². The Labute approximate surface area is 130 Å². The van der Waals surface area contributed by atoms with Crippen molar-refractivity contribution in [1.29, 1.82) is 0 Å². The Bertz CT molecular complexity index is 569. The number of anilines is 1. The first-order valence-electron chi connectivity index (χ1n) is 6.94. The molecule has 1 atom stereocenters. The van der Waals surface area contributed by atoms with Crippen LogP contribution in [-0.4, -0.2) is 17.8 Å². The van der Waals surface area contributed by atoms with Crippen LogP contribution < -0.4 is 10.1 Å². The van der Waals surface area contributed by atoms with Crippen LogP contribution in [0.5, 0.6) is 5.75 Å². The first-order chi connectivity index (χ1) is 10.2. The number of hydrogen-bond acceptors (Lipinski definition) is 3. The number of carbonyl (C=O) groups excluding carboxylic acids is 1. The third kappa shape index (κ3) is 4.83. The van der Waals surface area contributed by atoms with Gasteiger partial charge in [0.05, 0.1) is 11.9 Å². The van der Waals surface area contributed by atoms with Crippen molar-refractivity contribution in [2.24, 2.45) is 0 Å². The van der Waals surface area contributed by atoms with E-state index in [0.29, 0.717) is 13.0 Å². The summed E-state index contributed by atoms with van der Waals surface area (Å²) in [6, 6.07) is 17.2. The Kier molecular flexibility index (Phi) is 5.69. The summed E-state index contributed by atoms with van der Waals surface area (Å²) in [5.41, 5.74) is 1.84. The van der Waals surface area contributed by atoms with E-state index in [2.05, 4.69) is 17.9 Å². The molecular weight excluding hydrogens is 282 g/mol. The molecule has 0 aromatic heterocycles. The predicted octanol–water partition coefficient (Wildman–Crippen LogP) is 3.56. The molecule has 0 aliphatic rings. The minimum absolute atomic E-state index is 0.105. The van der Waals surface area contributed by atoms with Crippen molar-refractivity contribution in [2.45, 2.75) is 18.6 Å². The predicted molar refractivity (Wildman–Crippen MR) is 89.2 cm³/mol. The zero-order valence-electron chi connectivity index (χ0n) is 12.0. The van der Waals surface area contributed by atoms with Gasteiger partial charge in [0.25, 0.3) is 0 Å². The molecule has 3 nitrogen and oxygen atoms in total. The minimum atomic E-state index is -0.376. The highest BCUT2D eigenvalue weighted by molar-refractivity contribution is 7.81. The Hall–Kier alpha value is -1.94. The van der Waals surface area contributed by atoms with Gasteiger partial charge in [-0.15, -0.1) is 0 Å². The van der Waals surface area contributed by atoms with Crippen LogP contribution in [0.25, 0.3) is 0 Å². The van der Waals surface area contributed by atoms with Crippen molar-refractivity contribution in [3.05, 3.63) is 60.2 Å². The average molecular weight is 301 g/mol. The minimum Gasteiger partial charge on any atom is -0.494 e. The monoisotopic (exact) mass is 301 g/mol. The zero-order chi connectivity index (χ0) is 15.1. The molecule has 0 saturated heterocycles. The van der Waals surface area contributed by atoms with E-state index in [9.17, 15) is 4.79 Å². The van der Waals surface area contributed by atoms with Gasteiger partial charge in [-0.2, -0.15) is 12.6 Å². The van der Waals surface area contributed by atoms with Crippen molar-refractivity contribution in [1.82, 2.24) is 0 Å². The molecule has 2 aromatic rings. The van der Waals surface area contributed by atoms with Crippen molar-refractivity contribution in [3.63, 3.8) is 0 Å². The molecule has 0 fully saturated rings. The zero-order valence-corrected chi connectivity index (χ0v) is 12.8. The Balaban J connectivity index is 1.91. The van der Waals surface area contributed by atoms with Crippen LogP contribution in [0.1, 0.15) is 12.5 Å². The number of nitrogens with one attached hydrogen (secondary N) is 1. The highest BCUT2D eigenvalue weighted by Crippen LogP contribution is 2.17. The molecule has 0 aliphatic carbocycles. The lowest BCUT2D eigenvalue weighted by molar-refractivity contribution is -0.115. The van der Waals surface area contributed by atoms with Gasteiger partial charge in [-0.25, -0.2) is 0 Å². The smallest absolute Gasteiger partial charge is 0.237 e. The van der Waals surface area contributed by atoms with Gasteiger partial charge in [-0.05, 0) is 43.2 Å². The number of amides is 1. The van der Waals surface area contributed by atoms with Gasteiger partial charge >= 0.3 is 0 Å². The van der Waals surface area contributed by atoms with E-state index in [1.54, 1.807) is 0 Å². The highest BCUT2D eigenvalue weighted by Gasteiger charge is 2.14. The van der Waals surface area contributed by atoms with Crippen molar-refractivity contribution in [3.8, 4) is 5.75 Å². The van der Waals surface area contributed by atoms with Gasteiger partial charge in [-0.1, -0.05) is 30.3 Å². The van der Waals surface area contributed by atoms with Crippen LogP contribution in [0.4, 0.5) is 5.69 Å². The van der Waals surface area contributed by atoms with E-state index in [1.165, 1.54) is 0 Å². The molecule has 1 amide bonds. The lowest BCUT2D eigenvalue weighted by Crippen LogP contribution is -2.25. The van der Waals surface area contributed by atoms with Crippen LogP contribution in [0.2, 0.25) is 0 Å². The summed E-state index contributed by atoms with van der Waals surface area (Å²) in [6.07, 6.45) is 0.604. The fourth-order valence-electron chi connectivity index (χ4n) is 1.96. The van der Waals surface area contributed by atoms with Crippen molar-refractivity contribution in [2.75, 3.05) is 11.9 Å². The Morgan fingerprint density at radius 1 is 1.14 bits per heavy atom. The molecule has 21 heavy (non-hydrogen) atoms. The average Bonchev–Trinajstić information content (AvgIpc) is 2.50. The van der Waals surface area contributed by atoms with Crippen molar-refractivity contribution >= 4 is 24.2 Å². The quantitative estimate of drug-likeness (QED) is 0.801. The molecule has 0 saturated carbocycles. The van der Waals surface area contributed by atoms with E-state index in [4.69, 9.17) is 4.74 Å². The van der Waals surface area contributed by atoms with Crippen LogP contribution in [0, 0.1) is 0 Å². The maximum Gasteiger partial charge on any atom is 0.237 e. The molecule has 4 heteroatoms. The molecule has 1 unspecified atom stereocenters. The summed E-state index contributed by atoms with van der Waals surface area (Å²) in [7, 11) is 0. The molecular formula is C17H19NO2S. The van der Waals surface area contributed by atoms with Gasteiger partial charge in [-0.3, -0.25) is 4.79 Å². The number of rotatable bonds is 6. The standard InChI is InChI=1S/C17H19NO2S/c1-2-20-15-10-8-14(9-11-15)18-17(19)16(21)12-13-6-4-3-5-7-13/h3-11,16,21H,2,12H2,1H3,(H,18,19). The normalized spacial score (nSPS) is 11.7. The maximum absolute atomic E-state index is 12.1. The van der Waals surface area contributed by atoms with E-state index < -0.39 is 0 Å². The number of thiol groups is 1. The van der Waals surface area contributed by atoms with E-state index in [1.807, 2.05) is 61.5 Å². The van der Waals surface area contributed by atoms with Crippen LogP contribution in [0.3, 0.4) is 0 Å². The first-order valence-corrected chi connectivity index (χ1v) is 7.46. The topological polar surface area (TPSA) is 38.3 Å². The van der Waals surface area contributed by atoms with E-state index >= 15 is 0 Å². The third-order valence-corrected chi connectivity index (χ3v) is 3.42. The molecule has 0 spiro atoms. The summed E-state index contributed by atoms with van der Waals surface area (Å²) in [4.78, 5) is 12.1. The Morgan fingerprint density at radius 3 is 2.43 bits per heavy atom. The number of ether oxygens (including phenoxy) is 1. The van der Waals surface area contributed by atoms with Gasteiger partial charge < -0.3 is 10.1 Å². The second-order valence-electron chi connectivity index (χ2n) is 4.65. The van der Waals surface area contributed by atoms with Gasteiger partial charge in [0.2, 0.25) is 5.91 Å². The van der Waals surface area contributed by atoms with Crippen LogP contribution in [0.15, 0.2) is 54.6 Å². The summed E-state index contributed by atoms with van der Waals surface area (Å²) in [6.45, 7) is 2.56.